The van der Waals surface area contributed by atoms with E-state index >= 15 is 0 Å². The number of benzene rings is 1. The van der Waals surface area contributed by atoms with Gasteiger partial charge < -0.3 is 10.0 Å². The average Bonchev–Trinajstić information content (AvgIpc) is 3.12. The van der Waals surface area contributed by atoms with Crippen molar-refractivity contribution in [1.29, 1.82) is 0 Å². The molecule has 0 bridgehead atoms. The summed E-state index contributed by atoms with van der Waals surface area (Å²) in [4.78, 5) is 22.1. The Morgan fingerprint density at radius 1 is 1.29 bits per heavy atom. The Morgan fingerprint density at radius 2 is 2.06 bits per heavy atom. The molecule has 3 aliphatic rings. The van der Waals surface area contributed by atoms with Crippen LogP contribution in [0.2, 0.25) is 0 Å². The first-order valence-corrected chi connectivity index (χ1v) is 11.4. The summed E-state index contributed by atoms with van der Waals surface area (Å²) in [6.07, 6.45) is 7.32. The summed E-state index contributed by atoms with van der Waals surface area (Å²) in [5.74, 6) is 0.00262. The number of carbonyl (C=O) groups is 1. The van der Waals surface area contributed by atoms with Crippen LogP contribution in [-0.4, -0.2) is 56.7 Å². The Morgan fingerprint density at radius 3 is 2.81 bits per heavy atom. The van der Waals surface area contributed by atoms with E-state index in [1.54, 1.807) is 6.20 Å². The van der Waals surface area contributed by atoms with Crippen molar-refractivity contribution in [2.75, 3.05) is 13.1 Å². The fourth-order valence-corrected chi connectivity index (χ4v) is 5.50. The van der Waals surface area contributed by atoms with Crippen molar-refractivity contribution in [2.24, 2.45) is 0 Å². The second-order valence-electron chi connectivity index (χ2n) is 9.33. The summed E-state index contributed by atoms with van der Waals surface area (Å²) in [6, 6.07) is 5.89. The fraction of sp³-hybridized carbons (Fsp3) is 0.520. The highest BCUT2D eigenvalue weighted by Gasteiger charge is 2.39. The van der Waals surface area contributed by atoms with Crippen LogP contribution in [0.25, 0.3) is 10.9 Å². The summed E-state index contributed by atoms with van der Waals surface area (Å²) in [6.45, 7) is 6.15. The van der Waals surface area contributed by atoms with Crippen LogP contribution in [0.5, 0.6) is 0 Å². The van der Waals surface area contributed by atoms with Crippen LogP contribution in [0.3, 0.4) is 0 Å². The standard InChI is InChI=1S/C25H30FN3O2/c1-2-25(26)9-12-28(13-10-25)15-17-14-19-20(23-18(17)6-5-11-27-23)16-29(24(19)31)21-7-3-4-8-22(21)30/h2,5-6,11,14,21-22,30H,1,3-4,7-10,12-13,15-16H2. The van der Waals surface area contributed by atoms with Crippen molar-refractivity contribution >= 4 is 16.8 Å². The number of aliphatic hydroxyl groups is 1. The summed E-state index contributed by atoms with van der Waals surface area (Å²) < 4.78 is 14.5. The van der Waals surface area contributed by atoms with E-state index in [2.05, 4.69) is 22.5 Å². The minimum Gasteiger partial charge on any atom is -0.391 e. The van der Waals surface area contributed by atoms with Crippen molar-refractivity contribution in [3.05, 3.63) is 53.7 Å². The van der Waals surface area contributed by atoms with Gasteiger partial charge in [-0.25, -0.2) is 4.39 Å². The lowest BCUT2D eigenvalue weighted by Crippen LogP contribution is -2.45. The molecule has 2 aromatic rings. The molecule has 1 saturated heterocycles. The van der Waals surface area contributed by atoms with E-state index in [-0.39, 0.29) is 11.9 Å². The molecule has 31 heavy (non-hydrogen) atoms. The second kappa shape index (κ2) is 7.99. The lowest BCUT2D eigenvalue weighted by Gasteiger charge is -2.35. The third-order valence-electron chi connectivity index (χ3n) is 7.44. The second-order valence-corrected chi connectivity index (χ2v) is 9.33. The van der Waals surface area contributed by atoms with E-state index in [0.29, 0.717) is 44.6 Å². The molecule has 2 fully saturated rings. The molecule has 1 amide bonds. The van der Waals surface area contributed by atoms with Gasteiger partial charge in [0.25, 0.3) is 5.91 Å². The van der Waals surface area contributed by atoms with Crippen LogP contribution in [0.4, 0.5) is 4.39 Å². The third kappa shape index (κ3) is 3.66. The molecule has 6 heteroatoms. The van der Waals surface area contributed by atoms with E-state index in [4.69, 9.17) is 0 Å². The van der Waals surface area contributed by atoms with Gasteiger partial charge in [-0.1, -0.05) is 31.6 Å². The van der Waals surface area contributed by atoms with Gasteiger partial charge >= 0.3 is 0 Å². The smallest absolute Gasteiger partial charge is 0.254 e. The maximum Gasteiger partial charge on any atom is 0.254 e. The number of alkyl halides is 1. The van der Waals surface area contributed by atoms with Crippen LogP contribution in [0, 0.1) is 0 Å². The Bertz CT molecular complexity index is 1020. The molecule has 164 valence electrons. The van der Waals surface area contributed by atoms with Gasteiger partial charge in [-0.05, 0) is 43.4 Å². The number of hydrogen-bond donors (Lipinski definition) is 1. The molecule has 0 spiro atoms. The van der Waals surface area contributed by atoms with Crippen LogP contribution in [0.15, 0.2) is 37.1 Å². The van der Waals surface area contributed by atoms with Gasteiger partial charge in [-0.3, -0.25) is 14.7 Å². The Balaban J connectivity index is 1.46. The topological polar surface area (TPSA) is 56.7 Å². The number of rotatable bonds is 4. The molecule has 1 aromatic heterocycles. The Labute approximate surface area is 182 Å². The van der Waals surface area contributed by atoms with Gasteiger partial charge in [0, 0.05) is 48.9 Å². The zero-order chi connectivity index (χ0) is 21.6. The van der Waals surface area contributed by atoms with Crippen molar-refractivity contribution in [2.45, 2.75) is 69.4 Å². The third-order valence-corrected chi connectivity index (χ3v) is 7.44. The van der Waals surface area contributed by atoms with Gasteiger partial charge in [-0.2, -0.15) is 0 Å². The molecular formula is C25H30FN3O2. The van der Waals surface area contributed by atoms with Crippen molar-refractivity contribution in [3.8, 4) is 0 Å². The van der Waals surface area contributed by atoms with Crippen LogP contribution < -0.4 is 0 Å². The number of hydrogen-bond acceptors (Lipinski definition) is 4. The lowest BCUT2D eigenvalue weighted by molar-refractivity contribution is 0.0192. The maximum atomic E-state index is 14.5. The van der Waals surface area contributed by atoms with Crippen molar-refractivity contribution in [3.63, 3.8) is 0 Å². The highest BCUT2D eigenvalue weighted by Crippen LogP contribution is 2.36. The minimum absolute atomic E-state index is 0.00262. The maximum absolute atomic E-state index is 14.5. The van der Waals surface area contributed by atoms with E-state index < -0.39 is 11.8 Å². The number of carbonyl (C=O) groups excluding carboxylic acids is 1. The molecule has 5 rings (SSSR count). The van der Waals surface area contributed by atoms with Crippen LogP contribution in [-0.2, 0) is 13.1 Å². The largest absolute Gasteiger partial charge is 0.391 e. The monoisotopic (exact) mass is 423 g/mol. The summed E-state index contributed by atoms with van der Waals surface area (Å²) >= 11 is 0. The number of fused-ring (bicyclic) bond motifs is 3. The number of piperidine rings is 1. The van der Waals surface area contributed by atoms with Gasteiger partial charge in [0.2, 0.25) is 0 Å². The predicted octanol–water partition coefficient (Wildman–Crippen LogP) is 3.98. The van der Waals surface area contributed by atoms with Gasteiger partial charge in [-0.15, -0.1) is 0 Å². The van der Waals surface area contributed by atoms with Crippen molar-refractivity contribution < 1.29 is 14.3 Å². The molecule has 2 atom stereocenters. The lowest BCUT2D eigenvalue weighted by atomic mass is 9.91. The summed E-state index contributed by atoms with van der Waals surface area (Å²) in [7, 11) is 0. The highest BCUT2D eigenvalue weighted by molar-refractivity contribution is 6.04. The molecule has 3 heterocycles. The zero-order valence-electron chi connectivity index (χ0n) is 17.9. The quantitative estimate of drug-likeness (QED) is 0.756. The number of likely N-dealkylation sites (tertiary alicyclic amines) is 1. The number of aromatic nitrogens is 1. The molecule has 1 aliphatic carbocycles. The minimum atomic E-state index is -1.27. The molecule has 2 aliphatic heterocycles. The first kappa shape index (κ1) is 20.6. The molecule has 1 N–H and O–H groups in total. The summed E-state index contributed by atoms with van der Waals surface area (Å²) in [5, 5.41) is 11.6. The van der Waals surface area contributed by atoms with Gasteiger partial charge in [0.1, 0.15) is 5.67 Å². The number of allylic oxidation sites excluding steroid dienone is 1. The molecular weight excluding hydrogens is 393 g/mol. The van der Waals surface area contributed by atoms with Crippen LogP contribution >= 0.6 is 0 Å². The molecule has 0 radical (unpaired) electrons. The molecule has 1 aromatic carbocycles. The Kier molecular flexibility index (Phi) is 5.30. The number of pyridine rings is 1. The van der Waals surface area contributed by atoms with Gasteiger partial charge in [0.15, 0.2) is 0 Å². The SMILES string of the molecule is C=CC1(F)CCN(Cc2cc3c(c4ncccc24)CN(C2CCCCC2O)C3=O)CC1. The van der Waals surface area contributed by atoms with E-state index in [1.807, 2.05) is 17.0 Å². The zero-order valence-corrected chi connectivity index (χ0v) is 17.9. The van der Waals surface area contributed by atoms with E-state index in [0.717, 1.165) is 47.7 Å². The van der Waals surface area contributed by atoms with Crippen LogP contribution in [0.1, 0.15) is 60.0 Å². The Hall–Kier alpha value is -2.31. The van der Waals surface area contributed by atoms with Crippen molar-refractivity contribution in [1.82, 2.24) is 14.8 Å². The predicted molar refractivity (Wildman–Crippen MR) is 118 cm³/mol. The molecule has 5 nitrogen and oxygen atoms in total. The number of aliphatic hydroxyl groups excluding tert-OH is 1. The van der Waals surface area contributed by atoms with E-state index in [9.17, 15) is 14.3 Å². The first-order valence-electron chi connectivity index (χ1n) is 11.4. The first-order chi connectivity index (χ1) is 15.0. The molecule has 1 saturated carbocycles. The molecule has 2 unspecified atom stereocenters. The number of nitrogens with zero attached hydrogens (tertiary/aromatic N) is 3. The normalized spacial score (nSPS) is 26.3. The fourth-order valence-electron chi connectivity index (χ4n) is 5.50. The number of halogens is 1. The highest BCUT2D eigenvalue weighted by atomic mass is 19.1. The van der Waals surface area contributed by atoms with Gasteiger partial charge in [0.05, 0.1) is 17.7 Å². The number of amides is 1. The average molecular weight is 424 g/mol. The summed E-state index contributed by atoms with van der Waals surface area (Å²) in [5.41, 5.74) is 2.34. The van der Waals surface area contributed by atoms with E-state index in [1.165, 1.54) is 6.08 Å².